The second kappa shape index (κ2) is 10.3. The topological polar surface area (TPSA) is 52.0 Å². The zero-order chi connectivity index (χ0) is 21.6. The molecule has 0 spiro atoms. The summed E-state index contributed by atoms with van der Waals surface area (Å²) < 4.78 is 10.7. The van der Waals surface area contributed by atoms with Crippen LogP contribution < -0.4 is 19.7 Å². The van der Waals surface area contributed by atoms with E-state index in [2.05, 4.69) is 51.2 Å². The van der Waals surface area contributed by atoms with Crippen LogP contribution in [0.4, 0.5) is 5.69 Å². The Bertz CT molecular complexity index is 805. The van der Waals surface area contributed by atoms with Gasteiger partial charge in [0.15, 0.2) is 6.54 Å². The van der Waals surface area contributed by atoms with E-state index in [1.165, 1.54) is 11.1 Å². The summed E-state index contributed by atoms with van der Waals surface area (Å²) in [7, 11) is 5.30. The van der Waals surface area contributed by atoms with Crippen LogP contribution in [-0.2, 0) is 11.3 Å². The summed E-state index contributed by atoms with van der Waals surface area (Å²) in [5.41, 5.74) is 4.37. The molecule has 1 atom stereocenters. The Kier molecular flexibility index (Phi) is 8.09. The first-order chi connectivity index (χ1) is 13.8. The molecule has 0 bridgehead atoms. The predicted molar refractivity (Wildman–Crippen MR) is 118 cm³/mol. The van der Waals surface area contributed by atoms with Crippen LogP contribution in [-0.4, -0.2) is 33.7 Å². The summed E-state index contributed by atoms with van der Waals surface area (Å²) in [5.74, 6) is 2.24. The number of quaternary nitrogens is 1. The Balaban J connectivity index is 2.12. The number of amides is 1. The van der Waals surface area contributed by atoms with Crippen molar-refractivity contribution in [1.29, 1.82) is 0 Å². The fraction of sp³-hybridized carbons (Fsp3) is 0.458. The summed E-state index contributed by atoms with van der Waals surface area (Å²) in [4.78, 5) is 13.9. The molecule has 0 saturated heterocycles. The van der Waals surface area contributed by atoms with Gasteiger partial charge in [0.1, 0.15) is 18.0 Å². The highest BCUT2D eigenvalue weighted by Gasteiger charge is 2.19. The third-order valence-electron chi connectivity index (χ3n) is 5.09. The van der Waals surface area contributed by atoms with Crippen molar-refractivity contribution in [3.05, 3.63) is 53.1 Å². The molecule has 0 radical (unpaired) electrons. The van der Waals surface area contributed by atoms with Crippen molar-refractivity contribution in [2.75, 3.05) is 33.1 Å². The molecule has 0 heterocycles. The lowest BCUT2D eigenvalue weighted by Gasteiger charge is -2.21. The quantitative estimate of drug-likeness (QED) is 0.677. The molecule has 2 aromatic rings. The Morgan fingerprint density at radius 3 is 2.14 bits per heavy atom. The van der Waals surface area contributed by atoms with E-state index in [0.717, 1.165) is 27.6 Å². The number of hydrogen-bond donors (Lipinski definition) is 2. The first-order valence-electron chi connectivity index (χ1n) is 10.2. The molecule has 158 valence electrons. The average Bonchev–Trinajstić information content (AvgIpc) is 2.67. The fourth-order valence-electron chi connectivity index (χ4n) is 3.54. The lowest BCUT2D eigenvalue weighted by Crippen LogP contribution is -3.08. The molecule has 5 heteroatoms. The van der Waals surface area contributed by atoms with Gasteiger partial charge in [0.2, 0.25) is 0 Å². The third kappa shape index (κ3) is 5.97. The van der Waals surface area contributed by atoms with Crippen molar-refractivity contribution in [2.45, 2.75) is 46.1 Å². The van der Waals surface area contributed by atoms with Crippen LogP contribution in [0.25, 0.3) is 0 Å². The second-order valence-corrected chi connectivity index (χ2v) is 8.16. The molecule has 5 nitrogen and oxygen atoms in total. The number of carbonyl (C=O) groups excluding carboxylic acids is 1. The molecule has 29 heavy (non-hydrogen) atoms. The second-order valence-electron chi connectivity index (χ2n) is 8.16. The van der Waals surface area contributed by atoms with Crippen molar-refractivity contribution in [3.8, 4) is 11.5 Å². The first kappa shape index (κ1) is 22.8. The molecule has 0 aliphatic carbocycles. The minimum absolute atomic E-state index is 0.0185. The van der Waals surface area contributed by atoms with Crippen molar-refractivity contribution in [1.82, 2.24) is 0 Å². The van der Waals surface area contributed by atoms with E-state index in [4.69, 9.17) is 9.47 Å². The Hall–Kier alpha value is -2.53. The van der Waals surface area contributed by atoms with E-state index < -0.39 is 0 Å². The fourth-order valence-corrected chi connectivity index (χ4v) is 3.54. The summed E-state index contributed by atoms with van der Waals surface area (Å²) in [5, 5.41) is 3.19. The number of methoxy groups -OCH3 is 2. The highest BCUT2D eigenvalue weighted by atomic mass is 16.5. The molecule has 0 aliphatic heterocycles. The standard InChI is InChI=1S/C24H34N2O3/c1-16(2)20-9-8-10-21(17(3)4)24(20)25-23(27)15-26(5)14-18-11-12-19(28-6)13-22(18)29-7/h8-13,16-17H,14-15H2,1-7H3,(H,25,27)/p+1. The lowest BCUT2D eigenvalue weighted by atomic mass is 9.92. The number of nitrogens with one attached hydrogen (secondary N) is 2. The summed E-state index contributed by atoms with van der Waals surface area (Å²) in [6.07, 6.45) is 0. The summed E-state index contributed by atoms with van der Waals surface area (Å²) >= 11 is 0. The maximum Gasteiger partial charge on any atom is 0.279 e. The number of likely N-dealkylation sites (N-methyl/N-ethyl adjacent to an activating group) is 1. The van der Waals surface area contributed by atoms with Crippen LogP contribution in [0, 0.1) is 0 Å². The van der Waals surface area contributed by atoms with Crippen molar-refractivity contribution >= 4 is 11.6 Å². The number of ether oxygens (including phenoxy) is 2. The molecule has 1 amide bonds. The first-order valence-corrected chi connectivity index (χ1v) is 10.2. The number of carbonyl (C=O) groups is 1. The van der Waals surface area contributed by atoms with Crippen LogP contribution in [0.3, 0.4) is 0 Å². The lowest BCUT2D eigenvalue weighted by molar-refractivity contribution is -0.885. The molecule has 0 saturated carbocycles. The van der Waals surface area contributed by atoms with Crippen LogP contribution in [0.15, 0.2) is 36.4 Å². The molecule has 2 rings (SSSR count). The highest BCUT2D eigenvalue weighted by molar-refractivity contribution is 5.93. The van der Waals surface area contributed by atoms with E-state index in [-0.39, 0.29) is 5.91 Å². The van der Waals surface area contributed by atoms with Gasteiger partial charge in [-0.25, -0.2) is 0 Å². The normalized spacial score (nSPS) is 12.2. The summed E-state index contributed by atoms with van der Waals surface area (Å²) in [6, 6.07) is 12.1. The van der Waals surface area contributed by atoms with E-state index in [1.807, 2.05) is 25.2 Å². The van der Waals surface area contributed by atoms with E-state index in [1.54, 1.807) is 14.2 Å². The van der Waals surface area contributed by atoms with Gasteiger partial charge < -0.3 is 19.7 Å². The molecule has 2 N–H and O–H groups in total. The van der Waals surface area contributed by atoms with Crippen LogP contribution in [0.5, 0.6) is 11.5 Å². The Morgan fingerprint density at radius 2 is 1.62 bits per heavy atom. The largest absolute Gasteiger partial charge is 0.497 e. The SMILES string of the molecule is COc1ccc(C[NH+](C)CC(=O)Nc2c(C(C)C)cccc2C(C)C)c(OC)c1. The van der Waals surface area contributed by atoms with E-state index >= 15 is 0 Å². The predicted octanol–water partition coefficient (Wildman–Crippen LogP) is 3.60. The monoisotopic (exact) mass is 399 g/mol. The number of benzene rings is 2. The van der Waals surface area contributed by atoms with Gasteiger partial charge in [-0.2, -0.15) is 0 Å². The van der Waals surface area contributed by atoms with E-state index in [9.17, 15) is 4.79 Å². The number of anilines is 1. The van der Waals surface area contributed by atoms with Gasteiger partial charge in [0, 0.05) is 17.3 Å². The maximum absolute atomic E-state index is 12.8. The van der Waals surface area contributed by atoms with Crippen LogP contribution in [0.1, 0.15) is 56.2 Å². The van der Waals surface area contributed by atoms with Gasteiger partial charge in [0.25, 0.3) is 5.91 Å². The number of hydrogen-bond acceptors (Lipinski definition) is 3. The van der Waals surface area contributed by atoms with Crippen molar-refractivity contribution in [2.24, 2.45) is 0 Å². The van der Waals surface area contributed by atoms with E-state index in [0.29, 0.717) is 24.9 Å². The van der Waals surface area contributed by atoms with Crippen LogP contribution in [0.2, 0.25) is 0 Å². The molecule has 0 aromatic heterocycles. The van der Waals surface area contributed by atoms with Gasteiger partial charge in [-0.1, -0.05) is 45.9 Å². The zero-order valence-corrected chi connectivity index (χ0v) is 18.8. The smallest absolute Gasteiger partial charge is 0.279 e. The molecule has 0 aliphatic rings. The zero-order valence-electron chi connectivity index (χ0n) is 18.8. The Morgan fingerprint density at radius 1 is 1.00 bits per heavy atom. The third-order valence-corrected chi connectivity index (χ3v) is 5.09. The Labute approximate surface area is 175 Å². The van der Waals surface area contributed by atoms with Crippen molar-refractivity contribution < 1.29 is 19.2 Å². The molecule has 2 aromatic carbocycles. The average molecular weight is 400 g/mol. The van der Waals surface area contributed by atoms with Gasteiger partial charge >= 0.3 is 0 Å². The maximum atomic E-state index is 12.8. The van der Waals surface area contributed by atoms with Gasteiger partial charge in [0.05, 0.1) is 21.3 Å². The van der Waals surface area contributed by atoms with Crippen LogP contribution >= 0.6 is 0 Å². The molecular formula is C24H35N2O3+. The van der Waals surface area contributed by atoms with Gasteiger partial charge in [-0.3, -0.25) is 4.79 Å². The molecular weight excluding hydrogens is 364 g/mol. The van der Waals surface area contributed by atoms with Gasteiger partial charge in [-0.15, -0.1) is 0 Å². The minimum atomic E-state index is 0.0185. The van der Waals surface area contributed by atoms with Gasteiger partial charge in [-0.05, 0) is 35.1 Å². The molecule has 1 unspecified atom stereocenters. The molecule has 0 fully saturated rings. The van der Waals surface area contributed by atoms with Crippen molar-refractivity contribution in [3.63, 3.8) is 0 Å². The highest BCUT2D eigenvalue weighted by Crippen LogP contribution is 2.32. The summed E-state index contributed by atoms with van der Waals surface area (Å²) in [6.45, 7) is 9.68. The number of rotatable bonds is 9. The minimum Gasteiger partial charge on any atom is -0.497 e. The number of para-hydroxylation sites is 1.